The lowest BCUT2D eigenvalue weighted by Crippen LogP contribution is -2.41. The van der Waals surface area contributed by atoms with Crippen LogP contribution in [0.3, 0.4) is 0 Å². The second-order valence-electron chi connectivity index (χ2n) is 9.78. The van der Waals surface area contributed by atoms with Gasteiger partial charge in [0.05, 0.1) is 17.5 Å². The molecule has 1 aliphatic heterocycles. The summed E-state index contributed by atoms with van der Waals surface area (Å²) in [7, 11) is 0. The van der Waals surface area contributed by atoms with Gasteiger partial charge in [0.2, 0.25) is 11.8 Å². The van der Waals surface area contributed by atoms with Crippen LogP contribution in [0.2, 0.25) is 0 Å². The van der Waals surface area contributed by atoms with Crippen LogP contribution in [0.25, 0.3) is 0 Å². The van der Waals surface area contributed by atoms with Crippen LogP contribution in [0.15, 0.2) is 97.1 Å². The van der Waals surface area contributed by atoms with E-state index in [1.807, 2.05) is 24.3 Å². The second kappa shape index (κ2) is 7.96. The molecule has 0 saturated carbocycles. The van der Waals surface area contributed by atoms with E-state index in [-0.39, 0.29) is 35.4 Å². The van der Waals surface area contributed by atoms with Crippen LogP contribution in [-0.4, -0.2) is 17.7 Å². The average molecular weight is 489 g/mol. The van der Waals surface area contributed by atoms with Crippen LogP contribution in [-0.2, 0) is 9.59 Å². The van der Waals surface area contributed by atoms with Crippen LogP contribution < -0.4 is 10.2 Å². The third kappa shape index (κ3) is 3.12. The van der Waals surface area contributed by atoms with Gasteiger partial charge in [0.15, 0.2) is 0 Å². The van der Waals surface area contributed by atoms with Crippen LogP contribution >= 0.6 is 0 Å². The Labute approximate surface area is 212 Å². The predicted molar refractivity (Wildman–Crippen MR) is 137 cm³/mol. The molecular weight excluding hydrogens is 467 g/mol. The largest absolute Gasteiger partial charge is 0.322 e. The van der Waals surface area contributed by atoms with E-state index < -0.39 is 11.8 Å². The molecule has 0 spiro atoms. The van der Waals surface area contributed by atoms with Gasteiger partial charge in [-0.05, 0) is 70.8 Å². The van der Waals surface area contributed by atoms with Gasteiger partial charge in [-0.2, -0.15) is 0 Å². The van der Waals surface area contributed by atoms with Crippen LogP contribution in [0.4, 0.5) is 15.8 Å². The highest BCUT2D eigenvalue weighted by molar-refractivity contribution is 6.23. The van der Waals surface area contributed by atoms with E-state index in [1.165, 1.54) is 29.2 Å². The second-order valence-corrected chi connectivity index (χ2v) is 9.78. The number of imide groups is 1. The quantitative estimate of drug-likeness (QED) is 0.389. The lowest BCUT2D eigenvalue weighted by molar-refractivity contribution is -0.122. The number of benzene rings is 4. The Balaban J connectivity index is 1.21. The average Bonchev–Trinajstić information content (AvgIpc) is 3.20. The van der Waals surface area contributed by atoms with Crippen molar-refractivity contribution in [2.45, 2.75) is 11.8 Å². The lowest BCUT2D eigenvalue weighted by Gasteiger charge is -2.45. The van der Waals surface area contributed by atoms with E-state index in [0.717, 1.165) is 22.3 Å². The SMILES string of the molecule is O=C(Nc1ccc(F)cc1)c1ccc(N2C(=O)[C@@H]3C4c5ccccc5C(c5ccccc54)[C@@H]3C2=O)cc1. The maximum Gasteiger partial charge on any atom is 0.255 e. The van der Waals surface area contributed by atoms with Crippen molar-refractivity contribution in [3.8, 4) is 0 Å². The molecule has 1 saturated heterocycles. The van der Waals surface area contributed by atoms with Crippen molar-refractivity contribution in [1.29, 1.82) is 0 Å². The van der Waals surface area contributed by atoms with Crippen molar-refractivity contribution >= 4 is 29.1 Å². The van der Waals surface area contributed by atoms with Crippen molar-refractivity contribution < 1.29 is 18.8 Å². The number of rotatable bonds is 3. The number of halogens is 1. The normalized spacial score (nSPS) is 22.9. The highest BCUT2D eigenvalue weighted by Gasteiger charge is 2.61. The zero-order chi connectivity index (χ0) is 25.3. The van der Waals surface area contributed by atoms with Gasteiger partial charge < -0.3 is 5.32 Å². The molecule has 4 aromatic rings. The molecule has 8 rings (SSSR count). The predicted octanol–water partition coefficient (Wildman–Crippen LogP) is 5.47. The first-order valence-electron chi connectivity index (χ1n) is 12.3. The lowest BCUT2D eigenvalue weighted by atomic mass is 9.55. The van der Waals surface area contributed by atoms with Crippen LogP contribution in [0.1, 0.15) is 44.4 Å². The van der Waals surface area contributed by atoms with E-state index in [2.05, 4.69) is 29.6 Å². The van der Waals surface area contributed by atoms with Crippen LogP contribution in [0, 0.1) is 17.7 Å². The Hall–Kier alpha value is -4.58. The number of hydrogen-bond donors (Lipinski definition) is 1. The summed E-state index contributed by atoms with van der Waals surface area (Å²) in [6, 6.07) is 28.2. The summed E-state index contributed by atoms with van der Waals surface area (Å²) < 4.78 is 13.1. The Kier molecular flexibility index (Phi) is 4.67. The Morgan fingerprint density at radius 3 is 1.57 bits per heavy atom. The molecule has 0 unspecified atom stereocenters. The zero-order valence-corrected chi connectivity index (χ0v) is 19.6. The van der Waals surface area contributed by atoms with E-state index in [9.17, 15) is 18.8 Å². The first-order valence-corrected chi connectivity index (χ1v) is 12.3. The Bertz CT molecular complexity index is 1480. The molecule has 4 aromatic carbocycles. The highest BCUT2D eigenvalue weighted by Crippen LogP contribution is 2.61. The van der Waals surface area contributed by atoms with Gasteiger partial charge in [0, 0.05) is 23.1 Å². The smallest absolute Gasteiger partial charge is 0.255 e. The molecule has 0 aromatic heterocycles. The Morgan fingerprint density at radius 1 is 0.649 bits per heavy atom. The molecular formula is C31H21FN2O3. The minimum Gasteiger partial charge on any atom is -0.322 e. The van der Waals surface area contributed by atoms with Crippen LogP contribution in [0.5, 0.6) is 0 Å². The molecule has 3 amide bonds. The summed E-state index contributed by atoms with van der Waals surface area (Å²) in [4.78, 5) is 41.6. The first kappa shape index (κ1) is 21.7. The number of nitrogens with one attached hydrogen (secondary N) is 1. The molecule has 5 nitrogen and oxygen atoms in total. The van der Waals surface area contributed by atoms with E-state index in [1.54, 1.807) is 24.3 Å². The van der Waals surface area contributed by atoms with Gasteiger partial charge in [-0.3, -0.25) is 14.4 Å². The fraction of sp³-hybridized carbons (Fsp3) is 0.129. The molecule has 37 heavy (non-hydrogen) atoms. The van der Waals surface area contributed by atoms with Gasteiger partial charge in [0.25, 0.3) is 5.91 Å². The zero-order valence-electron chi connectivity index (χ0n) is 19.6. The maximum atomic E-state index is 13.8. The van der Waals surface area contributed by atoms with Gasteiger partial charge in [0.1, 0.15) is 5.82 Å². The van der Waals surface area contributed by atoms with Gasteiger partial charge in [-0.25, -0.2) is 9.29 Å². The number of carbonyl (C=O) groups excluding carboxylic acids is 3. The molecule has 0 radical (unpaired) electrons. The summed E-state index contributed by atoms with van der Waals surface area (Å²) in [6.07, 6.45) is 0. The van der Waals surface area contributed by atoms with Crippen molar-refractivity contribution in [3.63, 3.8) is 0 Å². The van der Waals surface area contributed by atoms with Crippen molar-refractivity contribution in [3.05, 3.63) is 131 Å². The summed E-state index contributed by atoms with van der Waals surface area (Å²) >= 11 is 0. The number of amides is 3. The fourth-order valence-corrected chi connectivity index (χ4v) is 6.43. The summed E-state index contributed by atoms with van der Waals surface area (Å²) in [5.74, 6) is -2.38. The van der Waals surface area contributed by atoms with Gasteiger partial charge in [-0.15, -0.1) is 0 Å². The molecule has 1 fully saturated rings. The van der Waals surface area contributed by atoms with Crippen molar-refractivity contribution in [2.75, 3.05) is 10.2 Å². The Morgan fingerprint density at radius 2 is 1.11 bits per heavy atom. The number of carbonyl (C=O) groups is 3. The molecule has 4 aliphatic rings. The molecule has 2 bridgehead atoms. The first-order chi connectivity index (χ1) is 18.0. The van der Waals surface area contributed by atoms with Gasteiger partial charge >= 0.3 is 0 Å². The van der Waals surface area contributed by atoms with E-state index in [4.69, 9.17) is 0 Å². The minimum atomic E-state index is -0.455. The standard InChI is InChI=1S/C31H21FN2O3/c32-18-11-13-19(14-12-18)33-29(35)17-9-15-20(16-10-17)34-30(36)27-25-21-5-1-2-6-22(21)26(28(27)31(34)37)24-8-4-3-7-23(24)25/h1-16,25-28H,(H,33,35)/t25?,26?,27-,28+. The summed E-state index contributed by atoms with van der Waals surface area (Å²) in [6.45, 7) is 0. The van der Waals surface area contributed by atoms with Crippen molar-refractivity contribution in [2.24, 2.45) is 11.8 Å². The minimum absolute atomic E-state index is 0.162. The third-order valence-corrected chi connectivity index (χ3v) is 7.94. The number of hydrogen-bond acceptors (Lipinski definition) is 3. The van der Waals surface area contributed by atoms with Gasteiger partial charge in [-0.1, -0.05) is 48.5 Å². The monoisotopic (exact) mass is 488 g/mol. The molecule has 6 heteroatoms. The molecule has 1 N–H and O–H groups in total. The molecule has 1 heterocycles. The maximum absolute atomic E-state index is 13.8. The molecule has 180 valence electrons. The molecule has 2 atom stereocenters. The third-order valence-electron chi connectivity index (χ3n) is 7.94. The van der Waals surface area contributed by atoms with E-state index >= 15 is 0 Å². The summed E-state index contributed by atoms with van der Waals surface area (Å²) in [5, 5.41) is 2.72. The van der Waals surface area contributed by atoms with Crippen molar-refractivity contribution in [1.82, 2.24) is 0 Å². The molecule has 3 aliphatic carbocycles. The number of anilines is 2. The fourth-order valence-electron chi connectivity index (χ4n) is 6.43. The summed E-state index contributed by atoms with van der Waals surface area (Å²) in [5.41, 5.74) is 5.80. The highest BCUT2D eigenvalue weighted by atomic mass is 19.1. The topological polar surface area (TPSA) is 66.5 Å². The van der Waals surface area contributed by atoms with E-state index in [0.29, 0.717) is 16.9 Å². The number of nitrogens with zero attached hydrogens (tertiary/aromatic N) is 1.